The van der Waals surface area contributed by atoms with E-state index in [9.17, 15) is 4.79 Å². The highest BCUT2D eigenvalue weighted by molar-refractivity contribution is 6.23. The number of aliphatic imine (C=N–C) groups is 1. The predicted molar refractivity (Wildman–Crippen MR) is 104 cm³/mol. The van der Waals surface area contributed by atoms with Crippen molar-refractivity contribution in [3.8, 4) is 0 Å². The van der Waals surface area contributed by atoms with Crippen molar-refractivity contribution < 1.29 is 4.79 Å². The van der Waals surface area contributed by atoms with Crippen LogP contribution in [-0.2, 0) is 10.2 Å². The smallest absolute Gasteiger partial charge is 0.261 e. The number of hydrazone groups is 1. The number of anilines is 1. The molecule has 0 fully saturated rings. The van der Waals surface area contributed by atoms with Gasteiger partial charge in [0.25, 0.3) is 5.91 Å². The minimum atomic E-state index is -0.414. The van der Waals surface area contributed by atoms with Crippen LogP contribution < -0.4 is 5.01 Å². The molecule has 25 heavy (non-hydrogen) atoms. The second-order valence-corrected chi connectivity index (χ2v) is 7.28. The zero-order valence-corrected chi connectivity index (χ0v) is 15.1. The number of amides is 1. The molecule has 128 valence electrons. The molecule has 0 aromatic heterocycles. The average molecular weight is 333 g/mol. The summed E-state index contributed by atoms with van der Waals surface area (Å²) >= 11 is 0. The molecule has 0 unspecified atom stereocenters. The van der Waals surface area contributed by atoms with Gasteiger partial charge in [-0.3, -0.25) is 9.79 Å². The summed E-state index contributed by atoms with van der Waals surface area (Å²) in [6.07, 6.45) is 1.69. The second-order valence-electron chi connectivity index (χ2n) is 7.28. The number of carbonyl (C=O) groups is 1. The number of hydrogen-bond acceptors (Lipinski definition) is 3. The molecule has 0 saturated carbocycles. The van der Waals surface area contributed by atoms with Crippen LogP contribution in [0.1, 0.15) is 33.3 Å². The Hall–Kier alpha value is -2.75. The Bertz CT molecular complexity index is 814. The zero-order chi connectivity index (χ0) is 18.0. The van der Waals surface area contributed by atoms with Gasteiger partial charge in [-0.15, -0.1) is 0 Å². The largest absolute Gasteiger partial charge is 0.271 e. The molecule has 0 aliphatic carbocycles. The number of rotatable bonds is 3. The third kappa shape index (κ3) is 3.68. The molecule has 1 aliphatic heterocycles. The van der Waals surface area contributed by atoms with E-state index in [-0.39, 0.29) is 11.3 Å². The molecule has 2 aromatic carbocycles. The van der Waals surface area contributed by atoms with Crippen molar-refractivity contribution >= 4 is 29.2 Å². The highest BCUT2D eigenvalue weighted by atomic mass is 16.2. The summed E-state index contributed by atoms with van der Waals surface area (Å²) in [5.41, 5.74) is 3.74. The third-order valence-electron chi connectivity index (χ3n) is 4.29. The fraction of sp³-hybridized carbons (Fsp3) is 0.286. The molecular formula is C21H23N3O. The third-order valence-corrected chi connectivity index (χ3v) is 4.29. The van der Waals surface area contributed by atoms with Gasteiger partial charge < -0.3 is 0 Å². The van der Waals surface area contributed by atoms with Crippen LogP contribution in [0.2, 0.25) is 0 Å². The van der Waals surface area contributed by atoms with Crippen molar-refractivity contribution in [2.75, 3.05) is 5.01 Å². The Kier molecular flexibility index (Phi) is 4.53. The molecule has 0 spiro atoms. The van der Waals surface area contributed by atoms with E-state index in [0.29, 0.717) is 0 Å². The Morgan fingerprint density at radius 3 is 2.28 bits per heavy atom. The minimum Gasteiger partial charge on any atom is -0.271 e. The van der Waals surface area contributed by atoms with Gasteiger partial charge in [0.2, 0.25) is 0 Å². The molecule has 0 radical (unpaired) electrons. The molecule has 1 heterocycles. The standard InChI is InChI=1S/C21H23N3O/c1-15-19(20(25)24(23-15)18-8-6-5-7-9-18)14-22-17-12-10-16(11-13-17)21(2,3)4/h5-14,19H,1-4H3/t19-/m0/s1. The fourth-order valence-corrected chi connectivity index (χ4v) is 2.71. The van der Waals surface area contributed by atoms with Crippen molar-refractivity contribution in [2.45, 2.75) is 33.1 Å². The summed E-state index contributed by atoms with van der Waals surface area (Å²) in [7, 11) is 0. The van der Waals surface area contributed by atoms with Crippen LogP contribution in [0, 0.1) is 5.92 Å². The minimum absolute atomic E-state index is 0.0706. The van der Waals surface area contributed by atoms with Crippen molar-refractivity contribution in [1.82, 2.24) is 0 Å². The lowest BCUT2D eigenvalue weighted by atomic mass is 9.87. The highest BCUT2D eigenvalue weighted by Crippen LogP contribution is 2.26. The van der Waals surface area contributed by atoms with E-state index < -0.39 is 5.92 Å². The summed E-state index contributed by atoms with van der Waals surface area (Å²) in [5, 5.41) is 5.84. The van der Waals surface area contributed by atoms with Crippen molar-refractivity contribution in [3.05, 3.63) is 60.2 Å². The van der Waals surface area contributed by atoms with Crippen LogP contribution in [-0.4, -0.2) is 17.8 Å². The van der Waals surface area contributed by atoms with Crippen molar-refractivity contribution in [3.63, 3.8) is 0 Å². The molecule has 0 N–H and O–H groups in total. The number of hydrogen-bond donors (Lipinski definition) is 0. The fourth-order valence-electron chi connectivity index (χ4n) is 2.71. The zero-order valence-electron chi connectivity index (χ0n) is 15.1. The molecule has 3 rings (SSSR count). The van der Waals surface area contributed by atoms with Gasteiger partial charge in [-0.2, -0.15) is 10.1 Å². The van der Waals surface area contributed by atoms with Gasteiger partial charge in [0, 0.05) is 6.21 Å². The molecule has 0 bridgehead atoms. The summed E-state index contributed by atoms with van der Waals surface area (Å²) < 4.78 is 0. The molecule has 1 aliphatic rings. The SMILES string of the molecule is CC1=NN(c2ccccc2)C(=O)[C@H]1C=Nc1ccc(C(C)(C)C)cc1. The van der Waals surface area contributed by atoms with Gasteiger partial charge in [-0.25, -0.2) is 0 Å². The summed E-state index contributed by atoms with van der Waals surface area (Å²) in [4.78, 5) is 17.1. The van der Waals surface area contributed by atoms with Gasteiger partial charge >= 0.3 is 0 Å². The van der Waals surface area contributed by atoms with Gasteiger partial charge in [0.15, 0.2) is 0 Å². The number of benzene rings is 2. The van der Waals surface area contributed by atoms with E-state index in [1.54, 1.807) is 6.21 Å². The lowest BCUT2D eigenvalue weighted by molar-refractivity contribution is -0.118. The first-order valence-corrected chi connectivity index (χ1v) is 8.45. The van der Waals surface area contributed by atoms with Crippen molar-refractivity contribution in [1.29, 1.82) is 0 Å². The molecule has 4 heteroatoms. The van der Waals surface area contributed by atoms with E-state index in [0.717, 1.165) is 17.1 Å². The Labute approximate surface area is 148 Å². The first-order valence-electron chi connectivity index (χ1n) is 8.45. The topological polar surface area (TPSA) is 45.0 Å². The van der Waals surface area contributed by atoms with Crippen LogP contribution in [0.25, 0.3) is 0 Å². The Morgan fingerprint density at radius 2 is 1.68 bits per heavy atom. The van der Waals surface area contributed by atoms with Crippen LogP contribution in [0.15, 0.2) is 64.7 Å². The Balaban J connectivity index is 1.76. The quantitative estimate of drug-likeness (QED) is 0.749. The normalized spacial score (nSPS) is 18.1. The molecule has 1 amide bonds. The van der Waals surface area contributed by atoms with E-state index in [1.807, 2.05) is 49.4 Å². The van der Waals surface area contributed by atoms with Crippen LogP contribution in [0.3, 0.4) is 0 Å². The van der Waals surface area contributed by atoms with Crippen LogP contribution in [0.5, 0.6) is 0 Å². The number of nitrogens with zero attached hydrogens (tertiary/aromatic N) is 3. The molecule has 4 nitrogen and oxygen atoms in total. The second kappa shape index (κ2) is 6.63. The van der Waals surface area contributed by atoms with E-state index in [2.05, 4.69) is 43.0 Å². The maximum atomic E-state index is 12.6. The summed E-state index contributed by atoms with van der Waals surface area (Å²) in [6.45, 7) is 8.40. The van der Waals surface area contributed by atoms with E-state index in [4.69, 9.17) is 0 Å². The van der Waals surface area contributed by atoms with Gasteiger partial charge in [-0.1, -0.05) is 51.1 Å². The Morgan fingerprint density at radius 1 is 1.04 bits per heavy atom. The first-order chi connectivity index (χ1) is 11.9. The lowest BCUT2D eigenvalue weighted by Gasteiger charge is -2.18. The monoisotopic (exact) mass is 333 g/mol. The van der Waals surface area contributed by atoms with Crippen molar-refractivity contribution in [2.24, 2.45) is 16.0 Å². The molecule has 2 aromatic rings. The maximum Gasteiger partial charge on any atom is 0.261 e. The van der Waals surface area contributed by atoms with E-state index in [1.165, 1.54) is 10.6 Å². The van der Waals surface area contributed by atoms with Crippen LogP contribution in [0.4, 0.5) is 11.4 Å². The van der Waals surface area contributed by atoms with Crippen LogP contribution >= 0.6 is 0 Å². The van der Waals surface area contributed by atoms with Gasteiger partial charge in [0.1, 0.15) is 5.92 Å². The molecular weight excluding hydrogens is 310 g/mol. The average Bonchev–Trinajstić information content (AvgIpc) is 2.88. The summed E-state index contributed by atoms with van der Waals surface area (Å²) in [6, 6.07) is 17.6. The number of para-hydroxylation sites is 1. The predicted octanol–water partition coefficient (Wildman–Crippen LogP) is 4.73. The molecule has 0 saturated heterocycles. The van der Waals surface area contributed by atoms with Gasteiger partial charge in [0.05, 0.1) is 17.1 Å². The van der Waals surface area contributed by atoms with E-state index >= 15 is 0 Å². The highest BCUT2D eigenvalue weighted by Gasteiger charge is 2.33. The number of carbonyl (C=O) groups excluding carboxylic acids is 1. The van der Waals surface area contributed by atoms with Gasteiger partial charge in [-0.05, 0) is 42.2 Å². The maximum absolute atomic E-state index is 12.6. The first kappa shape index (κ1) is 17.1. The lowest BCUT2D eigenvalue weighted by Crippen LogP contribution is -2.27. The molecule has 1 atom stereocenters. The summed E-state index contributed by atoms with van der Waals surface area (Å²) in [5.74, 6) is -0.485.